The molecule has 2 fully saturated rings. The van der Waals surface area contributed by atoms with E-state index in [9.17, 15) is 4.79 Å². The van der Waals surface area contributed by atoms with Gasteiger partial charge in [-0.05, 0) is 56.0 Å². The summed E-state index contributed by atoms with van der Waals surface area (Å²) in [6.45, 7) is 5.29. The average Bonchev–Trinajstić information content (AvgIpc) is 3.30. The smallest absolute Gasteiger partial charge is 0.327 e. The van der Waals surface area contributed by atoms with Gasteiger partial charge < -0.3 is 19.9 Å². The first-order chi connectivity index (χ1) is 17.2. The zero-order valence-electron chi connectivity index (χ0n) is 19.8. The number of aromatic nitrogens is 2. The monoisotopic (exact) mass is 470 g/mol. The van der Waals surface area contributed by atoms with Gasteiger partial charge in [-0.25, -0.2) is 14.8 Å². The van der Waals surface area contributed by atoms with E-state index in [4.69, 9.17) is 9.72 Å². The molecule has 0 spiro atoms. The second-order valence-corrected chi connectivity index (χ2v) is 9.29. The molecule has 2 aromatic heterocycles. The quantitative estimate of drug-likeness (QED) is 0.592. The van der Waals surface area contributed by atoms with Gasteiger partial charge in [0.2, 0.25) is 0 Å². The van der Waals surface area contributed by atoms with Gasteiger partial charge in [-0.1, -0.05) is 12.1 Å². The van der Waals surface area contributed by atoms with Gasteiger partial charge in [0.15, 0.2) is 11.6 Å². The molecule has 0 bridgehead atoms. The molecule has 180 valence electrons. The lowest BCUT2D eigenvalue weighted by Gasteiger charge is -2.32. The average molecular weight is 471 g/mol. The van der Waals surface area contributed by atoms with Crippen LogP contribution in [0.5, 0.6) is 5.75 Å². The lowest BCUT2D eigenvalue weighted by atomic mass is 10.1. The highest BCUT2D eigenvalue weighted by molar-refractivity contribution is 6.02. The molecule has 3 aromatic rings. The third kappa shape index (κ3) is 4.48. The molecule has 1 N–H and O–H groups in total. The molecule has 0 unspecified atom stereocenters. The second kappa shape index (κ2) is 9.44. The molecular weight excluding hydrogens is 440 g/mol. The SMILES string of the molecule is O=C(Nc1ccnc(N2CCC2)c1)N1CCCOc2ccc(-c3cccc(N4CCCC4)c3)nc21. The predicted octanol–water partition coefficient (Wildman–Crippen LogP) is 4.77. The summed E-state index contributed by atoms with van der Waals surface area (Å²) in [6.07, 6.45) is 6.13. The molecule has 0 aliphatic carbocycles. The first-order valence-corrected chi connectivity index (χ1v) is 12.5. The highest BCUT2D eigenvalue weighted by Gasteiger charge is 2.25. The number of carbonyl (C=O) groups is 1. The van der Waals surface area contributed by atoms with E-state index in [-0.39, 0.29) is 6.03 Å². The molecule has 0 atom stereocenters. The molecule has 8 heteroatoms. The number of urea groups is 1. The number of nitrogens with one attached hydrogen (secondary N) is 1. The second-order valence-electron chi connectivity index (χ2n) is 9.29. The number of hydrogen-bond donors (Lipinski definition) is 1. The van der Waals surface area contributed by atoms with Gasteiger partial charge in [-0.2, -0.15) is 0 Å². The highest BCUT2D eigenvalue weighted by atomic mass is 16.5. The molecule has 35 heavy (non-hydrogen) atoms. The van der Waals surface area contributed by atoms with E-state index < -0.39 is 0 Å². The molecule has 8 nitrogen and oxygen atoms in total. The summed E-state index contributed by atoms with van der Waals surface area (Å²) in [5.41, 5.74) is 3.82. The van der Waals surface area contributed by atoms with Crippen LogP contribution in [0.3, 0.4) is 0 Å². The fourth-order valence-corrected chi connectivity index (χ4v) is 4.85. The number of benzene rings is 1. The summed E-state index contributed by atoms with van der Waals surface area (Å²) in [5.74, 6) is 2.08. The van der Waals surface area contributed by atoms with Crippen molar-refractivity contribution in [1.29, 1.82) is 0 Å². The summed E-state index contributed by atoms with van der Waals surface area (Å²) < 4.78 is 5.94. The van der Waals surface area contributed by atoms with Crippen LogP contribution in [0.15, 0.2) is 54.7 Å². The van der Waals surface area contributed by atoms with E-state index in [1.54, 1.807) is 11.1 Å². The van der Waals surface area contributed by atoms with Crippen LogP contribution in [-0.2, 0) is 0 Å². The molecule has 3 aliphatic rings. The van der Waals surface area contributed by atoms with Crippen molar-refractivity contribution >= 4 is 29.0 Å². The Kier molecular flexibility index (Phi) is 5.86. The van der Waals surface area contributed by atoms with E-state index in [0.717, 1.165) is 55.4 Å². The molecule has 2 saturated heterocycles. The number of hydrogen-bond acceptors (Lipinski definition) is 6. The molecule has 2 amide bonds. The van der Waals surface area contributed by atoms with Gasteiger partial charge in [0.25, 0.3) is 0 Å². The van der Waals surface area contributed by atoms with Crippen molar-refractivity contribution in [3.8, 4) is 17.0 Å². The van der Waals surface area contributed by atoms with E-state index in [2.05, 4.69) is 44.4 Å². The number of rotatable bonds is 4. The Morgan fingerprint density at radius 3 is 2.57 bits per heavy atom. The summed E-state index contributed by atoms with van der Waals surface area (Å²) in [5, 5.41) is 3.05. The van der Waals surface area contributed by atoms with Crippen LogP contribution in [0.1, 0.15) is 25.7 Å². The minimum absolute atomic E-state index is 0.215. The number of amides is 2. The Labute approximate surface area is 205 Å². The zero-order valence-corrected chi connectivity index (χ0v) is 19.8. The standard InChI is InChI=1S/C27H30N6O2/c34-27(29-21-10-11-28-25(19-21)32-14-4-15-32)33-16-5-17-35-24-9-8-23(30-26(24)33)20-6-3-7-22(18-20)31-12-1-2-13-31/h3,6-11,18-19H,1-2,4-5,12-17H2,(H,28,29,34). The van der Waals surface area contributed by atoms with Gasteiger partial charge in [-0.15, -0.1) is 0 Å². The minimum Gasteiger partial charge on any atom is -0.490 e. The van der Waals surface area contributed by atoms with Crippen LogP contribution in [0, 0.1) is 0 Å². The van der Waals surface area contributed by atoms with Crippen LogP contribution in [0.4, 0.5) is 27.8 Å². The maximum atomic E-state index is 13.4. The largest absolute Gasteiger partial charge is 0.490 e. The van der Waals surface area contributed by atoms with Crippen molar-refractivity contribution in [2.75, 3.05) is 59.3 Å². The maximum Gasteiger partial charge on any atom is 0.327 e. The van der Waals surface area contributed by atoms with Crippen LogP contribution < -0.4 is 24.8 Å². The molecular formula is C27H30N6O2. The highest BCUT2D eigenvalue weighted by Crippen LogP contribution is 2.34. The molecule has 3 aliphatic heterocycles. The van der Waals surface area contributed by atoms with E-state index in [1.165, 1.54) is 24.9 Å². The summed E-state index contributed by atoms with van der Waals surface area (Å²) >= 11 is 0. The summed E-state index contributed by atoms with van der Waals surface area (Å²) in [7, 11) is 0. The first-order valence-electron chi connectivity index (χ1n) is 12.5. The van der Waals surface area contributed by atoms with Gasteiger partial charge >= 0.3 is 6.03 Å². The van der Waals surface area contributed by atoms with Crippen molar-refractivity contribution in [3.05, 3.63) is 54.7 Å². The topological polar surface area (TPSA) is 73.8 Å². The minimum atomic E-state index is -0.215. The van der Waals surface area contributed by atoms with Crippen molar-refractivity contribution in [1.82, 2.24) is 9.97 Å². The Hall–Kier alpha value is -3.81. The van der Waals surface area contributed by atoms with E-state index >= 15 is 0 Å². The van der Waals surface area contributed by atoms with E-state index in [1.807, 2.05) is 24.3 Å². The lowest BCUT2D eigenvalue weighted by Crippen LogP contribution is -2.38. The fourth-order valence-electron chi connectivity index (χ4n) is 4.85. The molecule has 6 rings (SSSR count). The molecule has 0 radical (unpaired) electrons. The Bertz CT molecular complexity index is 1220. The predicted molar refractivity (Wildman–Crippen MR) is 139 cm³/mol. The normalized spacial score (nSPS) is 17.3. The van der Waals surface area contributed by atoms with Gasteiger partial charge in [0, 0.05) is 61.9 Å². The van der Waals surface area contributed by atoms with Gasteiger partial charge in [-0.3, -0.25) is 4.90 Å². The number of pyridine rings is 2. The third-order valence-electron chi connectivity index (χ3n) is 6.91. The zero-order chi connectivity index (χ0) is 23.6. The van der Waals surface area contributed by atoms with Gasteiger partial charge in [0.1, 0.15) is 5.82 Å². The summed E-state index contributed by atoms with van der Waals surface area (Å²) in [4.78, 5) is 29.1. The number of carbonyl (C=O) groups excluding carboxylic acids is 1. The van der Waals surface area contributed by atoms with Crippen molar-refractivity contribution < 1.29 is 9.53 Å². The molecule has 5 heterocycles. The van der Waals surface area contributed by atoms with Crippen molar-refractivity contribution in [2.45, 2.75) is 25.7 Å². The molecule has 1 aromatic carbocycles. The Morgan fingerprint density at radius 1 is 0.886 bits per heavy atom. The van der Waals surface area contributed by atoms with Crippen LogP contribution in [0.2, 0.25) is 0 Å². The van der Waals surface area contributed by atoms with Crippen molar-refractivity contribution in [3.63, 3.8) is 0 Å². The fraction of sp³-hybridized carbons (Fsp3) is 0.370. The van der Waals surface area contributed by atoms with Crippen LogP contribution in [-0.4, -0.2) is 55.3 Å². The first kappa shape index (κ1) is 21.7. The number of nitrogens with zero attached hydrogens (tertiary/aromatic N) is 5. The van der Waals surface area contributed by atoms with Crippen LogP contribution >= 0.6 is 0 Å². The number of anilines is 4. The lowest BCUT2D eigenvalue weighted by molar-refractivity contribution is 0.256. The van der Waals surface area contributed by atoms with Crippen molar-refractivity contribution in [2.24, 2.45) is 0 Å². The summed E-state index contributed by atoms with van der Waals surface area (Å²) in [6, 6.07) is 15.9. The van der Waals surface area contributed by atoms with E-state index in [0.29, 0.717) is 24.7 Å². The number of ether oxygens (including phenoxy) is 1. The Morgan fingerprint density at radius 2 is 1.74 bits per heavy atom. The van der Waals surface area contributed by atoms with Crippen LogP contribution in [0.25, 0.3) is 11.3 Å². The maximum absolute atomic E-state index is 13.4. The number of fused-ring (bicyclic) bond motifs is 1. The Balaban J connectivity index is 1.27. The third-order valence-corrected chi connectivity index (χ3v) is 6.91. The van der Waals surface area contributed by atoms with Gasteiger partial charge in [0.05, 0.1) is 12.3 Å². The molecule has 0 saturated carbocycles.